The van der Waals surface area contributed by atoms with E-state index in [0.29, 0.717) is 11.7 Å². The molecule has 1 amide bonds. The number of amides is 1. The van der Waals surface area contributed by atoms with Crippen LogP contribution in [0.2, 0.25) is 0 Å². The minimum absolute atomic E-state index is 0.0605. The summed E-state index contributed by atoms with van der Waals surface area (Å²) in [5.41, 5.74) is 3.47. The zero-order valence-electron chi connectivity index (χ0n) is 15.6. The first kappa shape index (κ1) is 18.9. The molecule has 2 atom stereocenters. The molecule has 0 aromatic heterocycles. The number of carbonyl (C=O) groups excluding carboxylic acids is 2. The maximum absolute atomic E-state index is 12.9. The van der Waals surface area contributed by atoms with Gasteiger partial charge in [-0.25, -0.2) is 0 Å². The number of ketones is 1. The van der Waals surface area contributed by atoms with Crippen molar-refractivity contribution in [3.8, 4) is 0 Å². The fraction of sp³-hybridized carbons (Fsp3) is 0.318. The van der Waals surface area contributed by atoms with Crippen molar-refractivity contribution in [1.29, 1.82) is 0 Å². The maximum Gasteiger partial charge on any atom is 0.239 e. The Balaban J connectivity index is 1.35. The molecule has 5 nitrogen and oxygen atoms in total. The molecule has 2 unspecified atom stereocenters. The number of hydrogen-bond donors (Lipinski definition) is 2. The number of nitrogens with one attached hydrogen (secondary N) is 2. The number of aliphatic imine (C=N–C) groups is 1. The van der Waals surface area contributed by atoms with Gasteiger partial charge in [-0.15, -0.1) is 0 Å². The molecule has 2 heterocycles. The molecule has 2 N–H and O–H groups in total. The molecule has 2 aliphatic rings. The molecule has 0 radical (unpaired) electrons. The highest BCUT2D eigenvalue weighted by Gasteiger charge is 2.35. The zero-order valence-corrected chi connectivity index (χ0v) is 16.4. The van der Waals surface area contributed by atoms with Gasteiger partial charge in [-0.1, -0.05) is 66.4 Å². The average molecular weight is 394 g/mol. The van der Waals surface area contributed by atoms with Crippen LogP contribution in [0.1, 0.15) is 29.2 Å². The summed E-state index contributed by atoms with van der Waals surface area (Å²) in [5, 5.41) is 6.34. The Morgan fingerprint density at radius 1 is 1.11 bits per heavy atom. The van der Waals surface area contributed by atoms with Crippen LogP contribution < -0.4 is 10.6 Å². The summed E-state index contributed by atoms with van der Waals surface area (Å²) in [6.45, 7) is 1.40. The van der Waals surface area contributed by atoms with Crippen LogP contribution in [-0.4, -0.2) is 35.2 Å². The van der Waals surface area contributed by atoms with Gasteiger partial charge in [-0.05, 0) is 29.5 Å². The molecule has 0 bridgehead atoms. The van der Waals surface area contributed by atoms with Crippen LogP contribution in [0.15, 0.2) is 59.6 Å². The summed E-state index contributed by atoms with van der Waals surface area (Å²) in [6, 6.07) is 17.9. The van der Waals surface area contributed by atoms with Gasteiger partial charge in [0, 0.05) is 19.5 Å². The summed E-state index contributed by atoms with van der Waals surface area (Å²) < 4.78 is 0. The molecular formula is C22H23N3O2S. The third kappa shape index (κ3) is 4.34. The standard InChI is InChI=1S/C22H23N3O2S/c26-18(20-17-9-5-4-8-16(17)11-13-23-20)14-19-21(27)25-22(28-19)24-12-10-15-6-2-1-3-7-15/h1-9,19-20,23H,10-14H2,(H,24,25,27). The smallest absolute Gasteiger partial charge is 0.239 e. The van der Waals surface area contributed by atoms with Crippen molar-refractivity contribution in [2.45, 2.75) is 30.6 Å². The first-order chi connectivity index (χ1) is 13.7. The van der Waals surface area contributed by atoms with Crippen molar-refractivity contribution >= 4 is 28.6 Å². The molecule has 28 heavy (non-hydrogen) atoms. The Hall–Kier alpha value is -2.44. The van der Waals surface area contributed by atoms with Crippen LogP contribution in [0.3, 0.4) is 0 Å². The van der Waals surface area contributed by atoms with E-state index < -0.39 is 5.25 Å². The normalized spacial score (nSPS) is 22.7. The third-order valence-corrected chi connectivity index (χ3v) is 6.21. The Labute approximate surface area is 169 Å². The SMILES string of the molecule is O=C1NC(=NCCc2ccccc2)SC1CC(=O)C1NCCc2ccccc21. The molecule has 144 valence electrons. The van der Waals surface area contributed by atoms with Gasteiger partial charge in [-0.2, -0.15) is 0 Å². The van der Waals surface area contributed by atoms with Gasteiger partial charge < -0.3 is 10.6 Å². The molecule has 1 saturated heterocycles. The molecule has 0 spiro atoms. The fourth-order valence-corrected chi connectivity index (χ4v) is 4.65. The van der Waals surface area contributed by atoms with Gasteiger partial charge in [0.1, 0.15) is 0 Å². The van der Waals surface area contributed by atoms with E-state index in [1.807, 2.05) is 36.4 Å². The lowest BCUT2D eigenvalue weighted by Crippen LogP contribution is -2.37. The second-order valence-electron chi connectivity index (χ2n) is 7.02. The van der Waals surface area contributed by atoms with Crippen LogP contribution in [-0.2, 0) is 22.4 Å². The highest BCUT2D eigenvalue weighted by molar-refractivity contribution is 8.15. The highest BCUT2D eigenvalue weighted by atomic mass is 32.2. The summed E-state index contributed by atoms with van der Waals surface area (Å²) in [6.07, 6.45) is 1.96. The molecule has 2 aromatic rings. The molecule has 2 aromatic carbocycles. The third-order valence-electron chi connectivity index (χ3n) is 5.09. The lowest BCUT2D eigenvalue weighted by atomic mass is 9.90. The van der Waals surface area contributed by atoms with E-state index >= 15 is 0 Å². The second-order valence-corrected chi connectivity index (χ2v) is 8.22. The number of carbonyl (C=O) groups is 2. The Morgan fingerprint density at radius 2 is 1.89 bits per heavy atom. The quantitative estimate of drug-likeness (QED) is 0.792. The number of amidine groups is 1. The van der Waals surface area contributed by atoms with Gasteiger partial charge in [0.05, 0.1) is 11.3 Å². The van der Waals surface area contributed by atoms with Gasteiger partial charge in [0.25, 0.3) is 0 Å². The van der Waals surface area contributed by atoms with E-state index in [9.17, 15) is 9.59 Å². The van der Waals surface area contributed by atoms with E-state index in [4.69, 9.17) is 0 Å². The molecule has 4 rings (SSSR count). The predicted molar refractivity (Wildman–Crippen MR) is 112 cm³/mol. The lowest BCUT2D eigenvalue weighted by molar-refractivity contribution is -0.125. The first-order valence-corrected chi connectivity index (χ1v) is 10.5. The van der Waals surface area contributed by atoms with Crippen LogP contribution in [0.25, 0.3) is 0 Å². The topological polar surface area (TPSA) is 70.6 Å². The highest BCUT2D eigenvalue weighted by Crippen LogP contribution is 2.28. The fourth-order valence-electron chi connectivity index (χ4n) is 3.64. The minimum atomic E-state index is -0.404. The van der Waals surface area contributed by atoms with E-state index in [1.165, 1.54) is 22.9 Å². The summed E-state index contributed by atoms with van der Waals surface area (Å²) in [7, 11) is 0. The van der Waals surface area contributed by atoms with Crippen LogP contribution in [0.4, 0.5) is 0 Å². The van der Waals surface area contributed by atoms with E-state index in [1.54, 1.807) is 0 Å². The number of Topliss-reactive ketones (excluding diaryl/α,β-unsaturated/α-hetero) is 1. The van der Waals surface area contributed by atoms with E-state index in [-0.39, 0.29) is 24.2 Å². The molecule has 0 saturated carbocycles. The summed E-state index contributed by atoms with van der Waals surface area (Å²) in [5.74, 6) is -0.0637. The van der Waals surface area contributed by atoms with Crippen LogP contribution in [0.5, 0.6) is 0 Å². The number of benzene rings is 2. The molecule has 6 heteroatoms. The number of nitrogens with zero attached hydrogens (tertiary/aromatic N) is 1. The predicted octanol–water partition coefficient (Wildman–Crippen LogP) is 2.66. The van der Waals surface area contributed by atoms with Crippen molar-refractivity contribution in [1.82, 2.24) is 10.6 Å². The van der Waals surface area contributed by atoms with Crippen LogP contribution in [0, 0.1) is 0 Å². The van der Waals surface area contributed by atoms with Crippen LogP contribution >= 0.6 is 11.8 Å². The van der Waals surface area contributed by atoms with Crippen molar-refractivity contribution in [2.24, 2.45) is 4.99 Å². The molecular weight excluding hydrogens is 370 g/mol. The maximum atomic E-state index is 12.9. The number of thioether (sulfide) groups is 1. The molecule has 2 aliphatic heterocycles. The van der Waals surface area contributed by atoms with Crippen molar-refractivity contribution in [3.05, 3.63) is 71.3 Å². The monoisotopic (exact) mass is 393 g/mol. The minimum Gasteiger partial charge on any atom is -0.304 e. The first-order valence-electron chi connectivity index (χ1n) is 9.60. The van der Waals surface area contributed by atoms with Crippen molar-refractivity contribution in [2.75, 3.05) is 13.1 Å². The Kier molecular flexibility index (Phi) is 5.88. The number of hydrogen-bond acceptors (Lipinski definition) is 5. The summed E-state index contributed by atoms with van der Waals surface area (Å²) >= 11 is 1.37. The second kappa shape index (κ2) is 8.71. The van der Waals surface area contributed by atoms with Gasteiger partial charge in [0.2, 0.25) is 5.91 Å². The van der Waals surface area contributed by atoms with Gasteiger partial charge >= 0.3 is 0 Å². The number of rotatable bonds is 6. The number of fused-ring (bicyclic) bond motifs is 1. The largest absolute Gasteiger partial charge is 0.304 e. The Bertz CT molecular complexity index is 898. The molecule has 1 fully saturated rings. The summed E-state index contributed by atoms with van der Waals surface area (Å²) in [4.78, 5) is 29.7. The van der Waals surface area contributed by atoms with E-state index in [0.717, 1.165) is 24.9 Å². The van der Waals surface area contributed by atoms with Gasteiger partial charge in [0.15, 0.2) is 11.0 Å². The lowest BCUT2D eigenvalue weighted by Gasteiger charge is -2.26. The van der Waals surface area contributed by atoms with Crippen molar-refractivity contribution < 1.29 is 9.59 Å². The average Bonchev–Trinajstić information content (AvgIpc) is 3.07. The van der Waals surface area contributed by atoms with Gasteiger partial charge in [-0.3, -0.25) is 14.6 Å². The Morgan fingerprint density at radius 3 is 2.75 bits per heavy atom. The molecule has 0 aliphatic carbocycles. The van der Waals surface area contributed by atoms with Crippen molar-refractivity contribution in [3.63, 3.8) is 0 Å². The van der Waals surface area contributed by atoms with E-state index in [2.05, 4.69) is 33.8 Å². The zero-order chi connectivity index (χ0) is 19.3.